The predicted octanol–water partition coefficient (Wildman–Crippen LogP) is 0.706. The highest BCUT2D eigenvalue weighted by molar-refractivity contribution is 6.30. The van der Waals surface area contributed by atoms with E-state index in [1.165, 1.54) is 7.11 Å². The number of ether oxygens (including phenoxy) is 1. The molecule has 2 atom stereocenters. The van der Waals surface area contributed by atoms with E-state index in [1.54, 1.807) is 34.1 Å². The molecule has 1 aromatic carbocycles. The number of aliphatic hydroxyl groups excluding tert-OH is 1. The Kier molecular flexibility index (Phi) is 6.05. The molecule has 0 aromatic heterocycles. The lowest BCUT2D eigenvalue weighted by Crippen LogP contribution is -2.72. The van der Waals surface area contributed by atoms with E-state index in [0.29, 0.717) is 43.3 Å². The zero-order chi connectivity index (χ0) is 19.6. The average molecular weight is 396 g/mol. The van der Waals surface area contributed by atoms with Crippen molar-refractivity contribution in [1.82, 2.24) is 14.7 Å². The average Bonchev–Trinajstić information content (AvgIpc) is 2.67. The molecule has 0 unspecified atom stereocenters. The van der Waals surface area contributed by atoms with Crippen LogP contribution in [-0.4, -0.2) is 96.2 Å². The number of rotatable bonds is 4. The lowest BCUT2D eigenvalue weighted by atomic mass is 9.91. The molecular weight excluding hydrogens is 370 g/mol. The van der Waals surface area contributed by atoms with Crippen molar-refractivity contribution >= 4 is 23.4 Å². The minimum Gasteiger partial charge on any atom is -0.394 e. The van der Waals surface area contributed by atoms with Gasteiger partial charge >= 0.3 is 0 Å². The van der Waals surface area contributed by atoms with Crippen LogP contribution in [0.3, 0.4) is 0 Å². The van der Waals surface area contributed by atoms with Crippen LogP contribution in [0.1, 0.15) is 17.3 Å². The Morgan fingerprint density at radius 1 is 1.22 bits per heavy atom. The second kappa shape index (κ2) is 8.14. The van der Waals surface area contributed by atoms with Gasteiger partial charge in [-0.25, -0.2) is 0 Å². The maximum Gasteiger partial charge on any atom is 0.253 e. The molecular formula is C19H26ClN3O4. The normalized spacial score (nSPS) is 26.0. The van der Waals surface area contributed by atoms with E-state index in [4.69, 9.17) is 16.3 Å². The van der Waals surface area contributed by atoms with Crippen molar-refractivity contribution < 1.29 is 19.4 Å². The maximum atomic E-state index is 13.0. The number of fused-ring (bicyclic) bond motifs is 1. The van der Waals surface area contributed by atoms with Crippen LogP contribution >= 0.6 is 11.6 Å². The van der Waals surface area contributed by atoms with Crippen molar-refractivity contribution in [1.29, 1.82) is 0 Å². The number of benzene rings is 1. The zero-order valence-electron chi connectivity index (χ0n) is 15.7. The van der Waals surface area contributed by atoms with E-state index < -0.39 is 5.54 Å². The highest BCUT2D eigenvalue weighted by atomic mass is 35.5. The zero-order valence-corrected chi connectivity index (χ0v) is 16.5. The second-order valence-electron chi connectivity index (χ2n) is 7.47. The molecule has 2 aliphatic heterocycles. The fourth-order valence-corrected chi connectivity index (χ4v) is 4.18. The van der Waals surface area contributed by atoms with Crippen LogP contribution in [0.5, 0.6) is 0 Å². The van der Waals surface area contributed by atoms with Gasteiger partial charge in [0.25, 0.3) is 5.91 Å². The molecule has 2 fully saturated rings. The number of methoxy groups -OCH3 is 1. The first kappa shape index (κ1) is 20.1. The summed E-state index contributed by atoms with van der Waals surface area (Å²) < 4.78 is 4.96. The third kappa shape index (κ3) is 4.11. The van der Waals surface area contributed by atoms with Crippen molar-refractivity contribution in [3.63, 3.8) is 0 Å². The Bertz CT molecular complexity index is 699. The molecule has 0 bridgehead atoms. The molecule has 0 aliphatic carbocycles. The number of carbonyl (C=O) groups excluding carboxylic acids is 2. The quantitative estimate of drug-likeness (QED) is 0.812. The molecule has 0 saturated carbocycles. The monoisotopic (exact) mass is 395 g/mol. The lowest BCUT2D eigenvalue weighted by molar-refractivity contribution is -0.143. The van der Waals surface area contributed by atoms with Gasteiger partial charge < -0.3 is 19.6 Å². The van der Waals surface area contributed by atoms with Crippen LogP contribution in [0.4, 0.5) is 0 Å². The molecule has 2 saturated heterocycles. The Morgan fingerprint density at radius 3 is 2.52 bits per heavy atom. The summed E-state index contributed by atoms with van der Waals surface area (Å²) in [5, 5.41) is 10.6. The molecule has 148 valence electrons. The molecule has 0 radical (unpaired) electrons. The summed E-state index contributed by atoms with van der Waals surface area (Å²) in [6, 6.07) is 6.79. The van der Waals surface area contributed by atoms with Gasteiger partial charge in [0, 0.05) is 56.5 Å². The molecule has 27 heavy (non-hydrogen) atoms. The highest BCUT2D eigenvalue weighted by Gasteiger charge is 2.46. The highest BCUT2D eigenvalue weighted by Crippen LogP contribution is 2.29. The van der Waals surface area contributed by atoms with Crippen LogP contribution in [0, 0.1) is 0 Å². The largest absolute Gasteiger partial charge is 0.394 e. The van der Waals surface area contributed by atoms with Gasteiger partial charge in [0.15, 0.2) is 0 Å². The van der Waals surface area contributed by atoms with Gasteiger partial charge in [0.2, 0.25) is 5.91 Å². The minimum atomic E-state index is -0.540. The summed E-state index contributed by atoms with van der Waals surface area (Å²) in [7, 11) is 1.50. The molecule has 0 spiro atoms. The number of amides is 2. The molecule has 1 N–H and O–H groups in total. The van der Waals surface area contributed by atoms with Crippen LogP contribution in [0.25, 0.3) is 0 Å². The standard InChI is InChI=1S/C19H26ClN3O4/c1-19(13-24)12-22(18(26)14-3-5-15(20)6-4-14)10-16-9-21(7-8-23(16)19)17(25)11-27-2/h3-6,16,24H,7-13H2,1-2H3/t16-,19-/m0/s1. The van der Waals surface area contributed by atoms with Crippen LogP contribution in [-0.2, 0) is 9.53 Å². The third-order valence-electron chi connectivity index (χ3n) is 5.48. The van der Waals surface area contributed by atoms with Crippen LogP contribution in [0.2, 0.25) is 5.02 Å². The van der Waals surface area contributed by atoms with Crippen molar-refractivity contribution in [2.24, 2.45) is 0 Å². The minimum absolute atomic E-state index is 0.0262. The second-order valence-corrected chi connectivity index (χ2v) is 7.90. The molecule has 7 nitrogen and oxygen atoms in total. The van der Waals surface area contributed by atoms with E-state index in [2.05, 4.69) is 4.90 Å². The van der Waals surface area contributed by atoms with Gasteiger partial charge in [-0.15, -0.1) is 0 Å². The van der Waals surface area contributed by atoms with Crippen molar-refractivity contribution in [3.05, 3.63) is 34.9 Å². The fraction of sp³-hybridized carbons (Fsp3) is 0.579. The number of hydrogen-bond acceptors (Lipinski definition) is 5. The van der Waals surface area contributed by atoms with Gasteiger partial charge in [-0.2, -0.15) is 0 Å². The first-order valence-electron chi connectivity index (χ1n) is 9.07. The number of carbonyl (C=O) groups is 2. The first-order valence-corrected chi connectivity index (χ1v) is 9.45. The third-order valence-corrected chi connectivity index (χ3v) is 5.73. The topological polar surface area (TPSA) is 73.3 Å². The number of piperazine rings is 2. The number of aliphatic hydroxyl groups is 1. The van der Waals surface area contributed by atoms with Crippen molar-refractivity contribution in [3.8, 4) is 0 Å². The number of nitrogens with zero attached hydrogens (tertiary/aromatic N) is 3. The van der Waals surface area contributed by atoms with E-state index in [1.807, 2.05) is 6.92 Å². The molecule has 2 amide bonds. The number of hydrogen-bond donors (Lipinski definition) is 1. The van der Waals surface area contributed by atoms with Gasteiger partial charge in [0.1, 0.15) is 6.61 Å². The summed E-state index contributed by atoms with van der Waals surface area (Å²) in [6.07, 6.45) is 0. The SMILES string of the molecule is COCC(=O)N1CCN2[C@@H](C1)CN(C(=O)c1ccc(Cl)cc1)C[C@@]2(C)CO. The van der Waals surface area contributed by atoms with E-state index >= 15 is 0 Å². The maximum absolute atomic E-state index is 13.0. The molecule has 3 rings (SSSR count). The van der Waals surface area contributed by atoms with E-state index in [-0.39, 0.29) is 31.1 Å². The van der Waals surface area contributed by atoms with Crippen molar-refractivity contribution in [2.45, 2.75) is 18.5 Å². The molecule has 8 heteroatoms. The smallest absolute Gasteiger partial charge is 0.253 e. The van der Waals surface area contributed by atoms with E-state index in [9.17, 15) is 14.7 Å². The Balaban J connectivity index is 1.79. The lowest BCUT2D eigenvalue weighted by Gasteiger charge is -2.56. The van der Waals surface area contributed by atoms with Gasteiger partial charge in [-0.1, -0.05) is 11.6 Å². The molecule has 1 aromatic rings. The van der Waals surface area contributed by atoms with Crippen LogP contribution < -0.4 is 0 Å². The summed E-state index contributed by atoms with van der Waals surface area (Å²) >= 11 is 5.92. The Morgan fingerprint density at radius 2 is 1.89 bits per heavy atom. The Hall–Kier alpha value is -1.67. The van der Waals surface area contributed by atoms with Gasteiger partial charge in [-0.05, 0) is 31.2 Å². The fourth-order valence-electron chi connectivity index (χ4n) is 4.06. The predicted molar refractivity (Wildman–Crippen MR) is 102 cm³/mol. The summed E-state index contributed by atoms with van der Waals surface area (Å²) in [5.41, 5.74) is 0.0257. The molecule has 2 aliphatic rings. The number of halogens is 1. The van der Waals surface area contributed by atoms with E-state index in [0.717, 1.165) is 0 Å². The summed E-state index contributed by atoms with van der Waals surface area (Å²) in [5.74, 6) is -0.143. The first-order chi connectivity index (χ1) is 12.9. The van der Waals surface area contributed by atoms with Gasteiger partial charge in [0.05, 0.1) is 12.1 Å². The summed E-state index contributed by atoms with van der Waals surface area (Å²) in [6.45, 7) is 4.69. The van der Waals surface area contributed by atoms with Crippen molar-refractivity contribution in [2.75, 3.05) is 53.0 Å². The summed E-state index contributed by atoms with van der Waals surface area (Å²) in [4.78, 5) is 31.0. The van der Waals surface area contributed by atoms with Gasteiger partial charge in [-0.3, -0.25) is 14.5 Å². The molecule has 2 heterocycles. The van der Waals surface area contributed by atoms with Crippen LogP contribution in [0.15, 0.2) is 24.3 Å². The Labute approximate surface area is 164 Å².